The monoisotopic (exact) mass is 339 g/mol. The van der Waals surface area contributed by atoms with Crippen molar-refractivity contribution in [2.45, 2.75) is 13.0 Å². The number of nitrogens with two attached hydrogens (primary N) is 1. The smallest absolute Gasteiger partial charge is 0.124 e. The van der Waals surface area contributed by atoms with E-state index in [4.69, 9.17) is 22.1 Å². The van der Waals surface area contributed by atoms with Crippen molar-refractivity contribution >= 4 is 27.5 Å². The normalized spacial score (nSPS) is 12.2. The zero-order valence-corrected chi connectivity index (χ0v) is 12.9. The lowest BCUT2D eigenvalue weighted by Crippen LogP contribution is -2.13. The summed E-state index contributed by atoms with van der Waals surface area (Å²) < 4.78 is 6.61. The van der Waals surface area contributed by atoms with Crippen LogP contribution in [0.2, 0.25) is 5.02 Å². The summed E-state index contributed by atoms with van der Waals surface area (Å²) >= 11 is 9.48. The Labute approximate surface area is 126 Å². The van der Waals surface area contributed by atoms with Crippen LogP contribution < -0.4 is 10.5 Å². The molecule has 0 saturated heterocycles. The summed E-state index contributed by atoms with van der Waals surface area (Å²) in [5.74, 6) is 0.804. The number of ether oxygens (including phenoxy) is 1. The lowest BCUT2D eigenvalue weighted by atomic mass is 9.99. The minimum atomic E-state index is -0.266. The van der Waals surface area contributed by atoms with E-state index in [1.54, 1.807) is 0 Å². The molecule has 2 aromatic rings. The Bertz CT molecular complexity index is 574. The van der Waals surface area contributed by atoms with Gasteiger partial charge in [-0.2, -0.15) is 0 Å². The molecule has 1 atom stereocenters. The molecule has 19 heavy (non-hydrogen) atoms. The Balaban J connectivity index is 2.42. The van der Waals surface area contributed by atoms with Crippen LogP contribution in [-0.2, 0) is 0 Å². The summed E-state index contributed by atoms with van der Waals surface area (Å²) in [6.45, 7) is 2.56. The summed E-state index contributed by atoms with van der Waals surface area (Å²) in [6, 6.07) is 13.2. The SMILES string of the molecule is CCOc1ccc(Br)cc1C(N)c1cccc(Cl)c1. The third kappa shape index (κ3) is 3.50. The number of hydrogen-bond acceptors (Lipinski definition) is 2. The molecule has 0 fully saturated rings. The van der Waals surface area contributed by atoms with Crippen molar-refractivity contribution in [1.82, 2.24) is 0 Å². The van der Waals surface area contributed by atoms with Crippen LogP contribution in [0.3, 0.4) is 0 Å². The molecule has 2 N–H and O–H groups in total. The van der Waals surface area contributed by atoms with Gasteiger partial charge in [0.1, 0.15) is 5.75 Å². The van der Waals surface area contributed by atoms with E-state index in [9.17, 15) is 0 Å². The molecule has 1 unspecified atom stereocenters. The van der Waals surface area contributed by atoms with Gasteiger partial charge in [0, 0.05) is 15.1 Å². The van der Waals surface area contributed by atoms with Gasteiger partial charge in [-0.05, 0) is 42.8 Å². The summed E-state index contributed by atoms with van der Waals surface area (Å²) in [5.41, 5.74) is 8.23. The molecule has 2 rings (SSSR count). The fourth-order valence-corrected chi connectivity index (χ4v) is 2.51. The second-order valence-corrected chi connectivity index (χ2v) is 5.50. The van der Waals surface area contributed by atoms with E-state index in [0.29, 0.717) is 11.6 Å². The Hall–Kier alpha value is -1.03. The van der Waals surface area contributed by atoms with E-state index >= 15 is 0 Å². The molecule has 0 radical (unpaired) electrons. The Kier molecular flexibility index (Phi) is 4.86. The van der Waals surface area contributed by atoms with Crippen LogP contribution in [0.4, 0.5) is 0 Å². The van der Waals surface area contributed by atoms with Gasteiger partial charge in [-0.3, -0.25) is 0 Å². The molecule has 0 bridgehead atoms. The molecule has 0 amide bonds. The van der Waals surface area contributed by atoms with E-state index in [-0.39, 0.29) is 6.04 Å². The van der Waals surface area contributed by atoms with Gasteiger partial charge in [0.2, 0.25) is 0 Å². The van der Waals surface area contributed by atoms with E-state index in [0.717, 1.165) is 21.3 Å². The van der Waals surface area contributed by atoms with Crippen molar-refractivity contribution in [1.29, 1.82) is 0 Å². The molecule has 0 spiro atoms. The number of hydrogen-bond donors (Lipinski definition) is 1. The molecule has 0 aromatic heterocycles. The van der Waals surface area contributed by atoms with Crippen LogP contribution in [0, 0.1) is 0 Å². The summed E-state index contributed by atoms with van der Waals surface area (Å²) in [4.78, 5) is 0. The number of benzene rings is 2. The summed E-state index contributed by atoms with van der Waals surface area (Å²) in [6.07, 6.45) is 0. The minimum absolute atomic E-state index is 0.266. The molecule has 0 heterocycles. The van der Waals surface area contributed by atoms with Gasteiger partial charge in [-0.1, -0.05) is 39.7 Å². The molecule has 4 heteroatoms. The molecule has 0 aliphatic rings. The molecular formula is C15H15BrClNO. The van der Waals surface area contributed by atoms with Crippen molar-refractivity contribution in [3.8, 4) is 5.75 Å². The maximum atomic E-state index is 6.33. The first kappa shape index (κ1) is 14.4. The van der Waals surface area contributed by atoms with Crippen molar-refractivity contribution in [2.75, 3.05) is 6.61 Å². The number of rotatable bonds is 4. The van der Waals surface area contributed by atoms with Gasteiger partial charge in [-0.25, -0.2) is 0 Å². The van der Waals surface area contributed by atoms with Gasteiger partial charge in [0.25, 0.3) is 0 Å². The molecule has 100 valence electrons. The highest BCUT2D eigenvalue weighted by Crippen LogP contribution is 2.31. The Morgan fingerprint density at radius 3 is 2.74 bits per heavy atom. The van der Waals surface area contributed by atoms with Gasteiger partial charge >= 0.3 is 0 Å². The molecule has 2 nitrogen and oxygen atoms in total. The average molecular weight is 341 g/mol. The first-order chi connectivity index (χ1) is 9.11. The fourth-order valence-electron chi connectivity index (χ4n) is 1.93. The van der Waals surface area contributed by atoms with Crippen LogP contribution in [-0.4, -0.2) is 6.61 Å². The zero-order valence-electron chi connectivity index (χ0n) is 10.6. The van der Waals surface area contributed by atoms with E-state index in [1.807, 2.05) is 49.4 Å². The van der Waals surface area contributed by atoms with Gasteiger partial charge in [-0.15, -0.1) is 0 Å². The van der Waals surface area contributed by atoms with Crippen LogP contribution >= 0.6 is 27.5 Å². The average Bonchev–Trinajstić information content (AvgIpc) is 2.40. The third-order valence-corrected chi connectivity index (χ3v) is 3.54. The standard InChI is InChI=1S/C15H15BrClNO/c1-2-19-14-7-6-11(16)9-13(14)15(18)10-4-3-5-12(17)8-10/h3-9,15H,2,18H2,1H3. The molecule has 0 aliphatic heterocycles. The molecule has 2 aromatic carbocycles. The predicted molar refractivity (Wildman–Crippen MR) is 82.8 cm³/mol. The van der Waals surface area contributed by atoms with E-state index in [1.165, 1.54) is 0 Å². The summed E-state index contributed by atoms with van der Waals surface area (Å²) in [7, 11) is 0. The van der Waals surface area contributed by atoms with Crippen LogP contribution in [0.15, 0.2) is 46.9 Å². The van der Waals surface area contributed by atoms with Crippen molar-refractivity contribution in [2.24, 2.45) is 5.73 Å². The van der Waals surface area contributed by atoms with E-state index < -0.39 is 0 Å². The van der Waals surface area contributed by atoms with Crippen LogP contribution in [0.5, 0.6) is 5.75 Å². The van der Waals surface area contributed by atoms with E-state index in [2.05, 4.69) is 15.9 Å². The largest absolute Gasteiger partial charge is 0.494 e. The first-order valence-corrected chi connectivity index (χ1v) is 7.22. The maximum Gasteiger partial charge on any atom is 0.124 e. The second-order valence-electron chi connectivity index (χ2n) is 4.15. The first-order valence-electron chi connectivity index (χ1n) is 6.05. The third-order valence-electron chi connectivity index (χ3n) is 2.81. The van der Waals surface area contributed by atoms with Gasteiger partial charge in [0.05, 0.1) is 12.6 Å². The fraction of sp³-hybridized carbons (Fsp3) is 0.200. The molecule has 0 aliphatic carbocycles. The second kappa shape index (κ2) is 6.42. The summed E-state index contributed by atoms with van der Waals surface area (Å²) in [5, 5.41) is 0.681. The Morgan fingerprint density at radius 2 is 2.05 bits per heavy atom. The Morgan fingerprint density at radius 1 is 1.26 bits per heavy atom. The highest BCUT2D eigenvalue weighted by atomic mass is 79.9. The van der Waals surface area contributed by atoms with Gasteiger partial charge < -0.3 is 10.5 Å². The maximum absolute atomic E-state index is 6.33. The minimum Gasteiger partial charge on any atom is -0.494 e. The predicted octanol–water partition coefficient (Wildman–Crippen LogP) is 4.55. The molecular weight excluding hydrogens is 326 g/mol. The zero-order chi connectivity index (χ0) is 13.8. The number of halogens is 2. The highest BCUT2D eigenvalue weighted by Gasteiger charge is 2.15. The van der Waals surface area contributed by atoms with Crippen molar-refractivity contribution < 1.29 is 4.74 Å². The van der Waals surface area contributed by atoms with Crippen molar-refractivity contribution in [3.05, 3.63) is 63.1 Å². The lowest BCUT2D eigenvalue weighted by molar-refractivity contribution is 0.335. The lowest BCUT2D eigenvalue weighted by Gasteiger charge is -2.17. The van der Waals surface area contributed by atoms with Crippen LogP contribution in [0.1, 0.15) is 24.1 Å². The van der Waals surface area contributed by atoms with Gasteiger partial charge in [0.15, 0.2) is 0 Å². The van der Waals surface area contributed by atoms with Crippen molar-refractivity contribution in [3.63, 3.8) is 0 Å². The highest BCUT2D eigenvalue weighted by molar-refractivity contribution is 9.10. The quantitative estimate of drug-likeness (QED) is 0.886. The topological polar surface area (TPSA) is 35.2 Å². The molecule has 0 saturated carbocycles. The van der Waals surface area contributed by atoms with Crippen LogP contribution in [0.25, 0.3) is 0 Å².